The number of carbonyl (C=O) groups is 1. The monoisotopic (exact) mass is 226 g/mol. The number of amides is 1. The Labute approximate surface area is 97.1 Å². The standard InChI is InChI=1S/C12H22N2O2/c1-12(2,3)16-11(15)14-9(7-13)5-4-8-6-10(8)14/h8-10H,4-7,13H2,1-3H3/t8-,9-,10+/m0/s1. The molecule has 16 heavy (non-hydrogen) atoms. The van der Waals surface area contributed by atoms with E-state index in [-0.39, 0.29) is 12.1 Å². The Morgan fingerprint density at radius 2 is 2.12 bits per heavy atom. The van der Waals surface area contributed by atoms with E-state index in [4.69, 9.17) is 10.5 Å². The minimum Gasteiger partial charge on any atom is -0.444 e. The number of likely N-dealkylation sites (tertiary alicyclic amines) is 1. The molecule has 0 unspecified atom stereocenters. The van der Waals surface area contributed by atoms with E-state index in [2.05, 4.69) is 0 Å². The molecule has 4 heteroatoms. The van der Waals surface area contributed by atoms with Crippen LogP contribution in [0.5, 0.6) is 0 Å². The summed E-state index contributed by atoms with van der Waals surface area (Å²) in [4.78, 5) is 14.0. The first-order valence-electron chi connectivity index (χ1n) is 6.14. The molecule has 1 amide bonds. The van der Waals surface area contributed by atoms with Gasteiger partial charge in [0.1, 0.15) is 5.60 Å². The fraction of sp³-hybridized carbons (Fsp3) is 0.917. The molecule has 0 aromatic rings. The van der Waals surface area contributed by atoms with Gasteiger partial charge < -0.3 is 15.4 Å². The number of hydrogen-bond acceptors (Lipinski definition) is 3. The number of ether oxygens (including phenoxy) is 1. The zero-order valence-corrected chi connectivity index (χ0v) is 10.4. The zero-order chi connectivity index (χ0) is 11.9. The van der Waals surface area contributed by atoms with Gasteiger partial charge in [0.2, 0.25) is 0 Å². The van der Waals surface area contributed by atoms with Gasteiger partial charge in [-0.25, -0.2) is 4.79 Å². The first-order chi connectivity index (χ1) is 7.42. The zero-order valence-electron chi connectivity index (χ0n) is 10.4. The van der Waals surface area contributed by atoms with Gasteiger partial charge in [-0.1, -0.05) is 0 Å². The van der Waals surface area contributed by atoms with Gasteiger partial charge >= 0.3 is 6.09 Å². The van der Waals surface area contributed by atoms with Crippen LogP contribution in [0.3, 0.4) is 0 Å². The molecule has 0 spiro atoms. The topological polar surface area (TPSA) is 55.6 Å². The van der Waals surface area contributed by atoms with Gasteiger partial charge in [0, 0.05) is 18.6 Å². The maximum absolute atomic E-state index is 12.1. The second-order valence-corrected chi connectivity index (χ2v) is 5.92. The molecule has 0 bridgehead atoms. The van der Waals surface area contributed by atoms with Gasteiger partial charge in [0.25, 0.3) is 0 Å². The van der Waals surface area contributed by atoms with Crippen molar-refractivity contribution in [3.05, 3.63) is 0 Å². The third kappa shape index (κ3) is 2.32. The molecule has 2 N–H and O–H groups in total. The van der Waals surface area contributed by atoms with E-state index >= 15 is 0 Å². The van der Waals surface area contributed by atoms with E-state index in [1.54, 1.807) is 0 Å². The van der Waals surface area contributed by atoms with Crippen molar-refractivity contribution in [3.63, 3.8) is 0 Å². The van der Waals surface area contributed by atoms with Gasteiger partial charge in [-0.15, -0.1) is 0 Å². The molecule has 0 aromatic heterocycles. The maximum atomic E-state index is 12.1. The van der Waals surface area contributed by atoms with Crippen LogP contribution in [-0.4, -0.2) is 35.2 Å². The number of fused-ring (bicyclic) bond motifs is 1. The van der Waals surface area contributed by atoms with Crippen LogP contribution in [0.2, 0.25) is 0 Å². The Morgan fingerprint density at radius 3 is 2.69 bits per heavy atom. The van der Waals surface area contributed by atoms with Crippen molar-refractivity contribution in [2.45, 2.75) is 57.7 Å². The molecule has 0 aromatic carbocycles. The fourth-order valence-corrected chi connectivity index (χ4v) is 2.53. The van der Waals surface area contributed by atoms with Gasteiger partial charge in [-0.3, -0.25) is 0 Å². The first-order valence-corrected chi connectivity index (χ1v) is 6.14. The maximum Gasteiger partial charge on any atom is 0.410 e. The molecule has 1 aliphatic heterocycles. The lowest BCUT2D eigenvalue weighted by Gasteiger charge is -2.36. The lowest BCUT2D eigenvalue weighted by atomic mass is 10.0. The summed E-state index contributed by atoms with van der Waals surface area (Å²) in [6.07, 6.45) is 3.19. The smallest absolute Gasteiger partial charge is 0.410 e. The van der Waals surface area contributed by atoms with Crippen LogP contribution in [0.1, 0.15) is 40.0 Å². The summed E-state index contributed by atoms with van der Waals surface area (Å²) in [5, 5.41) is 0. The number of nitrogens with zero attached hydrogens (tertiary/aromatic N) is 1. The molecular weight excluding hydrogens is 204 g/mol. The van der Waals surface area contributed by atoms with E-state index < -0.39 is 5.60 Å². The molecule has 4 nitrogen and oxygen atoms in total. The summed E-state index contributed by atoms with van der Waals surface area (Å²) in [5.41, 5.74) is 5.31. The number of rotatable bonds is 1. The lowest BCUT2D eigenvalue weighted by Crippen LogP contribution is -2.50. The first kappa shape index (κ1) is 11.7. The van der Waals surface area contributed by atoms with E-state index in [1.165, 1.54) is 6.42 Å². The minimum absolute atomic E-state index is 0.179. The van der Waals surface area contributed by atoms with E-state index in [1.807, 2.05) is 25.7 Å². The van der Waals surface area contributed by atoms with E-state index in [0.717, 1.165) is 12.8 Å². The molecule has 2 aliphatic rings. The average Bonchev–Trinajstić information content (AvgIpc) is 2.91. The summed E-state index contributed by atoms with van der Waals surface area (Å²) in [6, 6.07) is 0.579. The molecule has 0 radical (unpaired) electrons. The summed E-state index contributed by atoms with van der Waals surface area (Å²) in [6.45, 7) is 6.24. The summed E-state index contributed by atoms with van der Waals surface area (Å²) < 4.78 is 5.44. The van der Waals surface area contributed by atoms with Crippen molar-refractivity contribution in [2.75, 3.05) is 6.54 Å². The Kier molecular flexibility index (Phi) is 2.86. The van der Waals surface area contributed by atoms with Crippen molar-refractivity contribution in [1.82, 2.24) is 4.90 Å². The van der Waals surface area contributed by atoms with E-state index in [0.29, 0.717) is 18.5 Å². The molecule has 1 saturated heterocycles. The van der Waals surface area contributed by atoms with Crippen molar-refractivity contribution in [2.24, 2.45) is 11.7 Å². The number of carbonyl (C=O) groups excluding carboxylic acids is 1. The highest BCUT2D eigenvalue weighted by Gasteiger charge is 2.50. The molecule has 1 aliphatic carbocycles. The normalized spacial score (nSPS) is 33.2. The van der Waals surface area contributed by atoms with Gasteiger partial charge in [-0.2, -0.15) is 0 Å². The Balaban J connectivity index is 2.02. The lowest BCUT2D eigenvalue weighted by molar-refractivity contribution is 0.00818. The Morgan fingerprint density at radius 1 is 1.44 bits per heavy atom. The molecule has 2 fully saturated rings. The molecular formula is C12H22N2O2. The number of hydrogen-bond donors (Lipinski definition) is 1. The van der Waals surface area contributed by atoms with Crippen LogP contribution in [-0.2, 0) is 4.74 Å². The van der Waals surface area contributed by atoms with Crippen LogP contribution in [0.15, 0.2) is 0 Å². The second-order valence-electron chi connectivity index (χ2n) is 5.92. The molecule has 92 valence electrons. The van der Waals surface area contributed by atoms with Crippen molar-refractivity contribution in [1.29, 1.82) is 0 Å². The van der Waals surface area contributed by atoms with E-state index in [9.17, 15) is 4.79 Å². The SMILES string of the molecule is CC(C)(C)OC(=O)N1[C@H](CN)CC[C@H]2C[C@H]21. The summed E-state index contributed by atoms with van der Waals surface area (Å²) in [5.74, 6) is 0.704. The summed E-state index contributed by atoms with van der Waals surface area (Å²) in [7, 11) is 0. The predicted molar refractivity (Wildman–Crippen MR) is 62.0 cm³/mol. The van der Waals surface area contributed by atoms with Crippen molar-refractivity contribution in [3.8, 4) is 0 Å². The molecule has 1 heterocycles. The molecule has 3 atom stereocenters. The third-order valence-corrected chi connectivity index (χ3v) is 3.38. The second kappa shape index (κ2) is 3.91. The molecule has 2 rings (SSSR count). The van der Waals surface area contributed by atoms with Crippen molar-refractivity contribution >= 4 is 6.09 Å². The largest absolute Gasteiger partial charge is 0.444 e. The van der Waals surface area contributed by atoms with Crippen LogP contribution in [0.4, 0.5) is 4.79 Å². The highest BCUT2D eigenvalue weighted by Crippen LogP contribution is 2.45. The average molecular weight is 226 g/mol. The summed E-state index contributed by atoms with van der Waals surface area (Å²) >= 11 is 0. The molecule has 1 saturated carbocycles. The van der Waals surface area contributed by atoms with Gasteiger partial charge in [0.15, 0.2) is 0 Å². The number of piperidine rings is 1. The quantitative estimate of drug-likeness (QED) is 0.741. The third-order valence-electron chi connectivity index (χ3n) is 3.38. The Bertz CT molecular complexity index is 285. The fourth-order valence-electron chi connectivity index (χ4n) is 2.53. The van der Waals surface area contributed by atoms with Crippen molar-refractivity contribution < 1.29 is 9.53 Å². The Hall–Kier alpha value is -0.770. The highest BCUT2D eigenvalue weighted by atomic mass is 16.6. The van der Waals surface area contributed by atoms with Crippen LogP contribution in [0.25, 0.3) is 0 Å². The van der Waals surface area contributed by atoms with Crippen LogP contribution >= 0.6 is 0 Å². The van der Waals surface area contributed by atoms with Crippen LogP contribution in [0, 0.1) is 5.92 Å². The van der Waals surface area contributed by atoms with Gasteiger partial charge in [0.05, 0.1) is 0 Å². The van der Waals surface area contributed by atoms with Gasteiger partial charge in [-0.05, 0) is 46.0 Å². The predicted octanol–water partition coefficient (Wildman–Crippen LogP) is 1.73. The van der Waals surface area contributed by atoms with Crippen LogP contribution < -0.4 is 5.73 Å². The minimum atomic E-state index is -0.419. The highest BCUT2D eigenvalue weighted by molar-refractivity contribution is 5.70. The number of nitrogens with two attached hydrogens (primary N) is 1.